The number of hydrogen-bond donors (Lipinski definition) is 1. The van der Waals surface area contributed by atoms with Crippen LogP contribution < -0.4 is 10.1 Å². The Hall–Kier alpha value is -1.06. The molecule has 1 rings (SSSR count). The minimum atomic E-state index is 0.299. The van der Waals surface area contributed by atoms with Crippen molar-refractivity contribution in [2.75, 3.05) is 20.3 Å². The lowest BCUT2D eigenvalue weighted by atomic mass is 10.1. The summed E-state index contributed by atoms with van der Waals surface area (Å²) in [5.74, 6) is 0.893. The van der Waals surface area contributed by atoms with Crippen LogP contribution in [0.4, 0.5) is 0 Å². The molecule has 0 fully saturated rings. The molecular weight excluding hydrogens is 214 g/mol. The van der Waals surface area contributed by atoms with E-state index in [-0.39, 0.29) is 0 Å². The van der Waals surface area contributed by atoms with Crippen LogP contribution in [0.15, 0.2) is 24.3 Å². The fourth-order valence-electron chi connectivity index (χ4n) is 1.58. The molecule has 0 aromatic heterocycles. The lowest BCUT2D eigenvalue weighted by Crippen LogP contribution is -2.24. The molecule has 0 bridgehead atoms. The Morgan fingerprint density at radius 3 is 2.29 bits per heavy atom. The molecule has 0 amide bonds. The molecule has 0 heterocycles. The largest absolute Gasteiger partial charge is 0.497 e. The number of rotatable bonds is 7. The van der Waals surface area contributed by atoms with Crippen molar-refractivity contribution >= 4 is 0 Å². The quantitative estimate of drug-likeness (QED) is 0.740. The summed E-state index contributed by atoms with van der Waals surface area (Å²) in [5, 5.41) is 3.43. The standard InChI is InChI=1S/C14H23NO2/c1-11(2)17-10-9-15-12(3)13-5-7-14(16-4)8-6-13/h5-8,11-12,15H,9-10H2,1-4H3/t12-/m0/s1. The lowest BCUT2D eigenvalue weighted by molar-refractivity contribution is 0.0796. The predicted molar refractivity (Wildman–Crippen MR) is 70.5 cm³/mol. The monoisotopic (exact) mass is 237 g/mol. The molecule has 0 unspecified atom stereocenters. The molecule has 1 atom stereocenters. The van der Waals surface area contributed by atoms with Crippen molar-refractivity contribution in [3.8, 4) is 5.75 Å². The number of methoxy groups -OCH3 is 1. The highest BCUT2D eigenvalue weighted by Crippen LogP contribution is 2.16. The first-order chi connectivity index (χ1) is 8.13. The van der Waals surface area contributed by atoms with Crippen molar-refractivity contribution in [3.63, 3.8) is 0 Å². The van der Waals surface area contributed by atoms with Crippen LogP contribution in [0.25, 0.3) is 0 Å². The number of ether oxygens (including phenoxy) is 2. The molecule has 0 aliphatic carbocycles. The molecule has 3 nitrogen and oxygen atoms in total. The van der Waals surface area contributed by atoms with Crippen molar-refractivity contribution in [1.82, 2.24) is 5.32 Å². The summed E-state index contributed by atoms with van der Waals surface area (Å²) in [6.07, 6.45) is 0.299. The maximum atomic E-state index is 5.48. The topological polar surface area (TPSA) is 30.5 Å². The van der Waals surface area contributed by atoms with Gasteiger partial charge < -0.3 is 14.8 Å². The van der Waals surface area contributed by atoms with Crippen molar-refractivity contribution in [2.45, 2.75) is 32.9 Å². The molecule has 3 heteroatoms. The lowest BCUT2D eigenvalue weighted by Gasteiger charge is -2.15. The van der Waals surface area contributed by atoms with Crippen LogP contribution in [0, 0.1) is 0 Å². The molecule has 96 valence electrons. The molecule has 0 spiro atoms. The average Bonchev–Trinajstić information content (AvgIpc) is 2.34. The van der Waals surface area contributed by atoms with Gasteiger partial charge in [0.2, 0.25) is 0 Å². The molecule has 17 heavy (non-hydrogen) atoms. The van der Waals surface area contributed by atoms with E-state index in [1.54, 1.807) is 7.11 Å². The Morgan fingerprint density at radius 2 is 1.76 bits per heavy atom. The molecule has 0 saturated carbocycles. The minimum absolute atomic E-state index is 0.299. The maximum Gasteiger partial charge on any atom is 0.118 e. The van der Waals surface area contributed by atoms with Gasteiger partial charge in [-0.15, -0.1) is 0 Å². The highest BCUT2D eigenvalue weighted by molar-refractivity contribution is 5.28. The second-order valence-electron chi connectivity index (χ2n) is 4.37. The van der Waals surface area contributed by atoms with Gasteiger partial charge in [-0.2, -0.15) is 0 Å². The molecule has 0 aliphatic rings. The average molecular weight is 237 g/mol. The fourth-order valence-corrected chi connectivity index (χ4v) is 1.58. The van der Waals surface area contributed by atoms with Gasteiger partial charge in [0.15, 0.2) is 0 Å². The molecule has 1 N–H and O–H groups in total. The van der Waals surface area contributed by atoms with E-state index in [1.165, 1.54) is 5.56 Å². The summed E-state index contributed by atoms with van der Waals surface area (Å²) in [6.45, 7) is 7.86. The van der Waals surface area contributed by atoms with E-state index in [2.05, 4.69) is 24.4 Å². The molecule has 0 saturated heterocycles. The second-order valence-corrected chi connectivity index (χ2v) is 4.37. The van der Waals surface area contributed by atoms with E-state index in [1.807, 2.05) is 26.0 Å². The Kier molecular flexibility index (Phi) is 6.01. The Labute approximate surface area is 104 Å². The van der Waals surface area contributed by atoms with Gasteiger partial charge >= 0.3 is 0 Å². The van der Waals surface area contributed by atoms with Gasteiger partial charge in [-0.1, -0.05) is 12.1 Å². The van der Waals surface area contributed by atoms with Crippen molar-refractivity contribution < 1.29 is 9.47 Å². The SMILES string of the molecule is COc1ccc([C@H](C)NCCOC(C)C)cc1. The Balaban J connectivity index is 2.33. The summed E-state index contributed by atoms with van der Waals surface area (Å²) < 4.78 is 10.6. The third kappa shape index (κ3) is 5.20. The zero-order chi connectivity index (χ0) is 12.7. The van der Waals surface area contributed by atoms with E-state index >= 15 is 0 Å². The number of nitrogens with one attached hydrogen (secondary N) is 1. The van der Waals surface area contributed by atoms with Crippen LogP contribution in [0.2, 0.25) is 0 Å². The van der Waals surface area contributed by atoms with E-state index in [0.29, 0.717) is 12.1 Å². The van der Waals surface area contributed by atoms with Gasteiger partial charge in [-0.05, 0) is 38.5 Å². The third-order valence-corrected chi connectivity index (χ3v) is 2.62. The first kappa shape index (κ1) is 14.0. The van der Waals surface area contributed by atoms with Gasteiger partial charge in [0.05, 0.1) is 19.8 Å². The van der Waals surface area contributed by atoms with Crippen LogP contribution >= 0.6 is 0 Å². The summed E-state index contributed by atoms with van der Waals surface area (Å²) in [5.41, 5.74) is 1.26. The summed E-state index contributed by atoms with van der Waals surface area (Å²) in [7, 11) is 1.68. The van der Waals surface area contributed by atoms with Gasteiger partial charge in [0.1, 0.15) is 5.75 Å². The van der Waals surface area contributed by atoms with Crippen molar-refractivity contribution in [1.29, 1.82) is 0 Å². The molecule has 0 aliphatic heterocycles. The molecule has 0 radical (unpaired) electrons. The van der Waals surface area contributed by atoms with Gasteiger partial charge in [0, 0.05) is 12.6 Å². The van der Waals surface area contributed by atoms with E-state index in [4.69, 9.17) is 9.47 Å². The van der Waals surface area contributed by atoms with Crippen LogP contribution in [0.1, 0.15) is 32.4 Å². The normalized spacial score (nSPS) is 12.8. The molecule has 1 aromatic carbocycles. The fraction of sp³-hybridized carbons (Fsp3) is 0.571. The Morgan fingerprint density at radius 1 is 1.12 bits per heavy atom. The van der Waals surface area contributed by atoms with Gasteiger partial charge in [0.25, 0.3) is 0 Å². The first-order valence-corrected chi connectivity index (χ1v) is 6.12. The zero-order valence-corrected chi connectivity index (χ0v) is 11.2. The minimum Gasteiger partial charge on any atom is -0.497 e. The molecular formula is C14H23NO2. The first-order valence-electron chi connectivity index (χ1n) is 6.12. The van der Waals surface area contributed by atoms with Crippen LogP contribution in [0.3, 0.4) is 0 Å². The van der Waals surface area contributed by atoms with Gasteiger partial charge in [-0.25, -0.2) is 0 Å². The number of benzene rings is 1. The maximum absolute atomic E-state index is 5.48. The second kappa shape index (κ2) is 7.30. The summed E-state index contributed by atoms with van der Waals surface area (Å²) in [6, 6.07) is 8.47. The van der Waals surface area contributed by atoms with E-state index in [9.17, 15) is 0 Å². The summed E-state index contributed by atoms with van der Waals surface area (Å²) in [4.78, 5) is 0. The van der Waals surface area contributed by atoms with Crippen LogP contribution in [-0.4, -0.2) is 26.4 Å². The van der Waals surface area contributed by atoms with Crippen LogP contribution in [0.5, 0.6) is 5.75 Å². The highest BCUT2D eigenvalue weighted by atomic mass is 16.5. The number of hydrogen-bond acceptors (Lipinski definition) is 3. The molecule has 1 aromatic rings. The van der Waals surface area contributed by atoms with E-state index < -0.39 is 0 Å². The van der Waals surface area contributed by atoms with Crippen LogP contribution in [-0.2, 0) is 4.74 Å². The van der Waals surface area contributed by atoms with Crippen molar-refractivity contribution in [3.05, 3.63) is 29.8 Å². The van der Waals surface area contributed by atoms with Crippen molar-refractivity contribution in [2.24, 2.45) is 0 Å². The summed E-state index contributed by atoms with van der Waals surface area (Å²) >= 11 is 0. The highest BCUT2D eigenvalue weighted by Gasteiger charge is 2.04. The smallest absolute Gasteiger partial charge is 0.118 e. The predicted octanol–water partition coefficient (Wildman–Crippen LogP) is 2.77. The third-order valence-electron chi connectivity index (χ3n) is 2.62. The van der Waals surface area contributed by atoms with Gasteiger partial charge in [-0.3, -0.25) is 0 Å². The van der Waals surface area contributed by atoms with E-state index in [0.717, 1.165) is 18.9 Å². The Bertz CT molecular complexity index is 309. The zero-order valence-electron chi connectivity index (χ0n) is 11.2.